The van der Waals surface area contributed by atoms with Crippen molar-refractivity contribution in [2.75, 3.05) is 0 Å². The summed E-state index contributed by atoms with van der Waals surface area (Å²) < 4.78 is 12.0. The highest BCUT2D eigenvalue weighted by atomic mass is 16.5. The van der Waals surface area contributed by atoms with Crippen molar-refractivity contribution in [2.45, 2.75) is 97.6 Å². The van der Waals surface area contributed by atoms with Crippen molar-refractivity contribution in [3.63, 3.8) is 0 Å². The number of hydrogen-bond acceptors (Lipinski definition) is 4. The molecule has 0 spiro atoms. The number of aliphatic hydroxyl groups is 1. The molecule has 0 aromatic carbocycles. The number of rotatable bonds is 9. The van der Waals surface area contributed by atoms with E-state index in [1.165, 1.54) is 0 Å². The molecule has 3 atom stereocenters. The van der Waals surface area contributed by atoms with Crippen LogP contribution < -0.4 is 0 Å². The van der Waals surface area contributed by atoms with Gasteiger partial charge in [0.1, 0.15) is 6.10 Å². The molecule has 1 aliphatic rings. The van der Waals surface area contributed by atoms with Gasteiger partial charge in [0.25, 0.3) is 0 Å². The lowest BCUT2D eigenvalue weighted by molar-refractivity contribution is -0.225. The average molecular weight is 341 g/mol. The Morgan fingerprint density at radius 2 is 1.75 bits per heavy atom. The first-order valence-electron chi connectivity index (χ1n) is 9.10. The molecule has 4 heteroatoms. The first kappa shape index (κ1) is 21.2. The maximum atomic E-state index is 11.8. The highest BCUT2D eigenvalue weighted by Crippen LogP contribution is 2.55. The zero-order valence-corrected chi connectivity index (χ0v) is 16.7. The largest absolute Gasteiger partial charge is 0.459 e. The van der Waals surface area contributed by atoms with Crippen LogP contribution in [-0.4, -0.2) is 34.0 Å². The molecule has 1 N–H and O–H groups in total. The monoisotopic (exact) mass is 340 g/mol. The zero-order chi connectivity index (χ0) is 18.9. The fraction of sp³-hybridized carbons (Fsp3) is 0.850. The Balaban J connectivity index is 2.87. The van der Waals surface area contributed by atoms with Crippen LogP contribution >= 0.6 is 0 Å². The molecule has 1 saturated carbocycles. The third-order valence-corrected chi connectivity index (χ3v) is 5.89. The lowest BCUT2D eigenvalue weighted by Gasteiger charge is -2.46. The Labute approximate surface area is 147 Å². The molecule has 0 aliphatic heterocycles. The van der Waals surface area contributed by atoms with Crippen molar-refractivity contribution in [3.8, 4) is 0 Å². The number of ether oxygens (including phenoxy) is 2. The van der Waals surface area contributed by atoms with E-state index in [9.17, 15) is 9.90 Å². The molecule has 0 amide bonds. The van der Waals surface area contributed by atoms with Crippen LogP contribution in [0.25, 0.3) is 0 Å². The van der Waals surface area contributed by atoms with Crippen molar-refractivity contribution >= 4 is 5.97 Å². The van der Waals surface area contributed by atoms with Crippen LogP contribution in [0.15, 0.2) is 12.2 Å². The van der Waals surface area contributed by atoms with Gasteiger partial charge in [-0.3, -0.25) is 0 Å². The van der Waals surface area contributed by atoms with Gasteiger partial charge in [-0.1, -0.05) is 20.4 Å². The Morgan fingerprint density at radius 1 is 1.25 bits per heavy atom. The van der Waals surface area contributed by atoms with Gasteiger partial charge in [-0.2, -0.15) is 0 Å². The minimum Gasteiger partial charge on any atom is -0.459 e. The highest BCUT2D eigenvalue weighted by molar-refractivity contribution is 5.87. The summed E-state index contributed by atoms with van der Waals surface area (Å²) in [7, 11) is 0. The molecule has 0 aromatic heterocycles. The number of carbonyl (C=O) groups excluding carboxylic acids is 1. The summed E-state index contributed by atoms with van der Waals surface area (Å²) in [6.07, 6.45) is 2.57. The van der Waals surface area contributed by atoms with E-state index in [0.29, 0.717) is 17.4 Å². The molecular weight excluding hydrogens is 304 g/mol. The van der Waals surface area contributed by atoms with Gasteiger partial charge in [-0.15, -0.1) is 0 Å². The minimum absolute atomic E-state index is 0.148. The maximum absolute atomic E-state index is 11.8. The third kappa shape index (κ3) is 4.40. The van der Waals surface area contributed by atoms with Crippen LogP contribution in [0, 0.1) is 11.8 Å². The molecular formula is C20H36O4. The lowest BCUT2D eigenvalue weighted by atomic mass is 9.84. The summed E-state index contributed by atoms with van der Waals surface area (Å²) in [6.45, 7) is 18.9. The van der Waals surface area contributed by atoms with Crippen molar-refractivity contribution in [1.82, 2.24) is 0 Å². The number of carbonyl (C=O) groups is 1. The Hall–Kier alpha value is -0.870. The Kier molecular flexibility index (Phi) is 6.32. The van der Waals surface area contributed by atoms with E-state index >= 15 is 0 Å². The van der Waals surface area contributed by atoms with Gasteiger partial charge in [-0.05, 0) is 66.7 Å². The lowest BCUT2D eigenvalue weighted by Crippen LogP contribution is -2.54. The van der Waals surface area contributed by atoms with Gasteiger partial charge in [0.05, 0.1) is 16.8 Å². The van der Waals surface area contributed by atoms with Crippen molar-refractivity contribution in [2.24, 2.45) is 11.8 Å². The molecule has 4 nitrogen and oxygen atoms in total. The number of hydrogen-bond donors (Lipinski definition) is 1. The summed E-state index contributed by atoms with van der Waals surface area (Å²) in [6, 6.07) is 0. The van der Waals surface area contributed by atoms with Gasteiger partial charge >= 0.3 is 5.97 Å². The summed E-state index contributed by atoms with van der Waals surface area (Å²) in [5.41, 5.74) is -1.48. The van der Waals surface area contributed by atoms with Crippen LogP contribution in [0.4, 0.5) is 0 Å². The summed E-state index contributed by atoms with van der Waals surface area (Å²) in [5, 5.41) is 10.5. The van der Waals surface area contributed by atoms with Crippen LogP contribution in [0.2, 0.25) is 0 Å². The fourth-order valence-corrected chi connectivity index (χ4v) is 3.32. The second kappa shape index (κ2) is 7.17. The highest BCUT2D eigenvalue weighted by Gasteiger charge is 2.57. The Bertz CT molecular complexity index is 469. The molecule has 0 aromatic rings. The molecule has 140 valence electrons. The predicted molar refractivity (Wildman–Crippen MR) is 96.7 cm³/mol. The van der Waals surface area contributed by atoms with Crippen LogP contribution in [-0.2, 0) is 14.3 Å². The van der Waals surface area contributed by atoms with E-state index in [1.807, 2.05) is 20.8 Å². The average Bonchev–Trinajstić information content (AvgIpc) is 3.24. The summed E-state index contributed by atoms with van der Waals surface area (Å²) in [5.74, 6) is 0.303. The van der Waals surface area contributed by atoms with Crippen LogP contribution in [0.1, 0.15) is 74.7 Å². The first-order chi connectivity index (χ1) is 10.8. The zero-order valence-electron chi connectivity index (χ0n) is 16.7. The summed E-state index contributed by atoms with van der Waals surface area (Å²) >= 11 is 0. The SMILES string of the molecule is C=C(C)C(=O)OC(C)C1CC1C(CC)(CC)OC(C)(C)C(C)(C)O. The molecule has 0 radical (unpaired) electrons. The van der Waals surface area contributed by atoms with Gasteiger partial charge < -0.3 is 14.6 Å². The van der Waals surface area contributed by atoms with Gasteiger partial charge in [0.15, 0.2) is 0 Å². The molecule has 1 rings (SSSR count). The predicted octanol–water partition coefficient (Wildman–Crippen LogP) is 4.26. The van der Waals surface area contributed by atoms with Crippen LogP contribution in [0.3, 0.4) is 0 Å². The maximum Gasteiger partial charge on any atom is 0.333 e. The minimum atomic E-state index is -0.939. The summed E-state index contributed by atoms with van der Waals surface area (Å²) in [4.78, 5) is 11.8. The van der Waals surface area contributed by atoms with E-state index < -0.39 is 11.2 Å². The van der Waals surface area contributed by atoms with Gasteiger partial charge in [-0.25, -0.2) is 4.79 Å². The standard InChI is InChI=1S/C20H36O4/c1-10-20(11-2,24-19(8,9)18(6,7)22)16-12-15(16)14(5)23-17(21)13(3)4/h14-16,22H,3,10-12H2,1-2,4-9H3. The second-order valence-electron chi connectivity index (χ2n) is 8.34. The van der Waals surface area contributed by atoms with Crippen molar-refractivity contribution < 1.29 is 19.4 Å². The first-order valence-corrected chi connectivity index (χ1v) is 9.10. The molecule has 0 saturated heterocycles. The molecule has 3 unspecified atom stereocenters. The van der Waals surface area contributed by atoms with E-state index in [1.54, 1.807) is 20.8 Å². The molecule has 0 bridgehead atoms. The number of esters is 1. The normalized spacial score (nSPS) is 22.9. The third-order valence-electron chi connectivity index (χ3n) is 5.89. The molecule has 0 heterocycles. The fourth-order valence-electron chi connectivity index (χ4n) is 3.32. The van der Waals surface area contributed by atoms with Crippen molar-refractivity contribution in [1.29, 1.82) is 0 Å². The van der Waals surface area contributed by atoms with Crippen LogP contribution in [0.5, 0.6) is 0 Å². The molecule has 1 fully saturated rings. The quantitative estimate of drug-likeness (QED) is 0.503. The van der Waals surface area contributed by atoms with Gasteiger partial charge in [0, 0.05) is 11.5 Å². The van der Waals surface area contributed by atoms with E-state index in [4.69, 9.17) is 9.47 Å². The molecule has 1 aliphatic carbocycles. The van der Waals surface area contributed by atoms with E-state index in [-0.39, 0.29) is 17.7 Å². The topological polar surface area (TPSA) is 55.8 Å². The van der Waals surface area contributed by atoms with E-state index in [2.05, 4.69) is 20.4 Å². The smallest absolute Gasteiger partial charge is 0.333 e. The van der Waals surface area contributed by atoms with Crippen molar-refractivity contribution in [3.05, 3.63) is 12.2 Å². The van der Waals surface area contributed by atoms with E-state index in [0.717, 1.165) is 19.3 Å². The molecule has 24 heavy (non-hydrogen) atoms. The van der Waals surface area contributed by atoms with Gasteiger partial charge in [0.2, 0.25) is 0 Å². The second-order valence-corrected chi connectivity index (χ2v) is 8.34. The Morgan fingerprint density at radius 3 is 2.12 bits per heavy atom.